The summed E-state index contributed by atoms with van der Waals surface area (Å²) >= 11 is 1.31. The number of nitrogens with zero attached hydrogens (tertiary/aromatic N) is 1. The minimum absolute atomic E-state index is 0.313. The van der Waals surface area contributed by atoms with Crippen LogP contribution in [0.5, 0.6) is 11.5 Å². The Hall–Kier alpha value is -3.60. The summed E-state index contributed by atoms with van der Waals surface area (Å²) in [6, 6.07) is 4.19. The number of rotatable bonds is 7. The molecule has 1 aliphatic carbocycles. The molecule has 11 heteroatoms. The van der Waals surface area contributed by atoms with Crippen LogP contribution in [-0.2, 0) is 28.0 Å². The van der Waals surface area contributed by atoms with E-state index in [0.717, 1.165) is 34.6 Å². The van der Waals surface area contributed by atoms with Gasteiger partial charge in [-0.15, -0.1) is 11.3 Å². The zero-order valence-corrected chi connectivity index (χ0v) is 19.3. The second kappa shape index (κ2) is 8.39. The van der Waals surface area contributed by atoms with Gasteiger partial charge in [-0.05, 0) is 49.4 Å². The zero-order chi connectivity index (χ0) is 23.9. The van der Waals surface area contributed by atoms with E-state index < -0.39 is 35.8 Å². The van der Waals surface area contributed by atoms with E-state index in [1.54, 1.807) is 25.1 Å². The van der Waals surface area contributed by atoms with Crippen LogP contribution in [0.2, 0.25) is 0 Å². The lowest BCUT2D eigenvalue weighted by Gasteiger charge is -2.23. The molecule has 0 unspecified atom stereocenters. The molecule has 10 nitrogen and oxygen atoms in total. The number of amides is 5. The van der Waals surface area contributed by atoms with Crippen LogP contribution in [0, 0.1) is 0 Å². The maximum atomic E-state index is 13.2. The molecule has 2 aromatic rings. The topological polar surface area (TPSA) is 140 Å². The summed E-state index contributed by atoms with van der Waals surface area (Å²) in [4.78, 5) is 52.3. The number of nitrogens with one attached hydrogen (secondary N) is 2. The van der Waals surface area contributed by atoms with E-state index in [4.69, 9.17) is 15.2 Å². The van der Waals surface area contributed by atoms with Crippen LogP contribution in [-0.4, -0.2) is 49.4 Å². The number of hydrogen-bond donors (Lipinski definition) is 3. The predicted octanol–water partition coefficient (Wildman–Crippen LogP) is 1.76. The molecule has 4 rings (SSSR count). The SMILES string of the molecule is COc1ccc([C@@]2(C)NC(=O)N(CC(=O)Nc3sc4c(c3C(N)=O)CCC4)C2=O)cc1OC. The Morgan fingerprint density at radius 1 is 1.21 bits per heavy atom. The Morgan fingerprint density at radius 2 is 1.94 bits per heavy atom. The minimum Gasteiger partial charge on any atom is -0.493 e. The summed E-state index contributed by atoms with van der Waals surface area (Å²) in [5.41, 5.74) is 5.80. The predicted molar refractivity (Wildman–Crippen MR) is 121 cm³/mol. The van der Waals surface area contributed by atoms with Crippen molar-refractivity contribution in [3.63, 3.8) is 0 Å². The maximum absolute atomic E-state index is 13.2. The maximum Gasteiger partial charge on any atom is 0.325 e. The molecule has 0 radical (unpaired) electrons. The van der Waals surface area contributed by atoms with Crippen molar-refractivity contribution in [3.8, 4) is 11.5 Å². The highest BCUT2D eigenvalue weighted by atomic mass is 32.1. The van der Waals surface area contributed by atoms with E-state index in [2.05, 4.69) is 10.6 Å². The summed E-state index contributed by atoms with van der Waals surface area (Å²) in [5, 5.41) is 5.67. The van der Waals surface area contributed by atoms with E-state index in [9.17, 15) is 19.2 Å². The van der Waals surface area contributed by atoms with Crippen molar-refractivity contribution in [1.29, 1.82) is 0 Å². The number of hydrogen-bond acceptors (Lipinski definition) is 7. The fourth-order valence-electron chi connectivity index (χ4n) is 4.25. The van der Waals surface area contributed by atoms with Crippen molar-refractivity contribution in [3.05, 3.63) is 39.8 Å². The summed E-state index contributed by atoms with van der Waals surface area (Å²) in [6.07, 6.45) is 2.50. The molecule has 0 saturated carbocycles. The van der Waals surface area contributed by atoms with E-state index in [0.29, 0.717) is 27.6 Å². The van der Waals surface area contributed by atoms with Gasteiger partial charge < -0.3 is 25.8 Å². The molecule has 1 aromatic carbocycles. The van der Waals surface area contributed by atoms with Crippen LogP contribution in [0.3, 0.4) is 0 Å². The van der Waals surface area contributed by atoms with Gasteiger partial charge in [0, 0.05) is 4.88 Å². The highest BCUT2D eigenvalue weighted by Gasteiger charge is 2.49. The van der Waals surface area contributed by atoms with Gasteiger partial charge >= 0.3 is 6.03 Å². The molecule has 5 amide bonds. The third kappa shape index (κ3) is 3.78. The number of benzene rings is 1. The summed E-state index contributed by atoms with van der Waals surface area (Å²) in [6.45, 7) is 1.05. The van der Waals surface area contributed by atoms with Crippen LogP contribution < -0.4 is 25.8 Å². The molecule has 2 aliphatic rings. The number of ether oxygens (including phenoxy) is 2. The lowest BCUT2D eigenvalue weighted by molar-refractivity contribution is -0.133. The van der Waals surface area contributed by atoms with Gasteiger partial charge in [-0.2, -0.15) is 0 Å². The van der Waals surface area contributed by atoms with Gasteiger partial charge in [0.1, 0.15) is 17.1 Å². The van der Waals surface area contributed by atoms with E-state index in [-0.39, 0.29) is 0 Å². The fraction of sp³-hybridized carbons (Fsp3) is 0.364. The lowest BCUT2D eigenvalue weighted by Crippen LogP contribution is -2.42. The van der Waals surface area contributed by atoms with Crippen molar-refractivity contribution < 1.29 is 28.7 Å². The number of imide groups is 1. The van der Waals surface area contributed by atoms with Crippen LogP contribution in [0.1, 0.15) is 39.7 Å². The monoisotopic (exact) mass is 472 g/mol. The second-order valence-electron chi connectivity index (χ2n) is 7.99. The third-order valence-corrected chi connectivity index (χ3v) is 7.17. The van der Waals surface area contributed by atoms with Crippen molar-refractivity contribution in [2.75, 3.05) is 26.1 Å². The van der Waals surface area contributed by atoms with Gasteiger partial charge in [0.05, 0.1) is 19.8 Å². The number of aryl methyl sites for hydroxylation is 1. The van der Waals surface area contributed by atoms with Crippen molar-refractivity contribution >= 4 is 40.1 Å². The Morgan fingerprint density at radius 3 is 2.61 bits per heavy atom. The number of nitrogens with two attached hydrogens (primary N) is 1. The molecular formula is C22H24N4O6S. The molecule has 33 heavy (non-hydrogen) atoms. The average molecular weight is 473 g/mol. The molecule has 4 N–H and O–H groups in total. The number of primary amides is 1. The van der Waals surface area contributed by atoms with E-state index in [1.165, 1.54) is 25.6 Å². The first-order valence-electron chi connectivity index (χ1n) is 10.3. The van der Waals surface area contributed by atoms with Crippen LogP contribution in [0.25, 0.3) is 0 Å². The molecule has 2 heterocycles. The third-order valence-electron chi connectivity index (χ3n) is 5.96. The quantitative estimate of drug-likeness (QED) is 0.525. The standard InChI is InChI=1S/C22H24N4O6S/c1-22(11-7-8-13(31-2)14(9-11)32-3)20(29)26(21(30)25-22)10-16(27)24-19-17(18(23)28)12-5-4-6-15(12)33-19/h7-9H,4-6,10H2,1-3H3,(H2,23,28)(H,24,27)(H,25,30)/t22-/m1/s1. The van der Waals surface area contributed by atoms with E-state index in [1.807, 2.05) is 0 Å². The first-order chi connectivity index (χ1) is 15.7. The zero-order valence-electron chi connectivity index (χ0n) is 18.4. The highest BCUT2D eigenvalue weighted by Crippen LogP contribution is 2.39. The first kappa shape index (κ1) is 22.6. The lowest BCUT2D eigenvalue weighted by atomic mass is 9.91. The summed E-state index contributed by atoms with van der Waals surface area (Å²) < 4.78 is 10.5. The molecule has 1 atom stereocenters. The van der Waals surface area contributed by atoms with Crippen LogP contribution in [0.4, 0.5) is 9.80 Å². The molecule has 0 bridgehead atoms. The number of carbonyl (C=O) groups excluding carboxylic acids is 4. The molecule has 174 valence electrons. The minimum atomic E-state index is -1.39. The Kier molecular flexibility index (Phi) is 5.75. The smallest absolute Gasteiger partial charge is 0.325 e. The number of carbonyl (C=O) groups is 4. The Bertz CT molecular complexity index is 1180. The van der Waals surface area contributed by atoms with Gasteiger partial charge in [0.25, 0.3) is 11.8 Å². The van der Waals surface area contributed by atoms with Gasteiger partial charge in [-0.1, -0.05) is 6.07 Å². The Balaban J connectivity index is 1.53. The summed E-state index contributed by atoms with van der Waals surface area (Å²) in [5.74, 6) is -0.915. The largest absolute Gasteiger partial charge is 0.493 e. The van der Waals surface area contributed by atoms with Gasteiger partial charge in [-0.3, -0.25) is 19.3 Å². The molecule has 1 saturated heterocycles. The normalized spacial score (nSPS) is 19.3. The molecular weight excluding hydrogens is 448 g/mol. The molecule has 1 aromatic heterocycles. The van der Waals surface area contributed by atoms with E-state index >= 15 is 0 Å². The van der Waals surface area contributed by atoms with Gasteiger partial charge in [0.15, 0.2) is 11.5 Å². The van der Waals surface area contributed by atoms with Gasteiger partial charge in [-0.25, -0.2) is 4.79 Å². The van der Waals surface area contributed by atoms with Gasteiger partial charge in [0.2, 0.25) is 5.91 Å². The first-order valence-corrected chi connectivity index (χ1v) is 11.1. The second-order valence-corrected chi connectivity index (χ2v) is 9.10. The molecule has 0 spiro atoms. The number of thiophene rings is 1. The highest BCUT2D eigenvalue weighted by molar-refractivity contribution is 7.17. The van der Waals surface area contributed by atoms with Crippen LogP contribution >= 0.6 is 11.3 Å². The number of anilines is 1. The van der Waals surface area contributed by atoms with Crippen molar-refractivity contribution in [2.45, 2.75) is 31.7 Å². The molecule has 1 fully saturated rings. The molecule has 1 aliphatic heterocycles. The number of fused-ring (bicyclic) bond motifs is 1. The number of methoxy groups -OCH3 is 2. The average Bonchev–Trinajstić information content (AvgIpc) is 3.41. The number of urea groups is 1. The summed E-state index contributed by atoms with van der Waals surface area (Å²) in [7, 11) is 2.96. The van der Waals surface area contributed by atoms with Crippen molar-refractivity contribution in [1.82, 2.24) is 10.2 Å². The van der Waals surface area contributed by atoms with Crippen molar-refractivity contribution in [2.24, 2.45) is 5.73 Å². The fourth-order valence-corrected chi connectivity index (χ4v) is 5.56. The van der Waals surface area contributed by atoms with Crippen LogP contribution in [0.15, 0.2) is 18.2 Å². The Labute approximate surface area is 194 Å².